The van der Waals surface area contributed by atoms with E-state index in [1.165, 1.54) is 4.90 Å². The number of benzene rings is 2. The third kappa shape index (κ3) is 3.27. The first kappa shape index (κ1) is 20.0. The molecule has 2 aromatic carbocycles. The molecule has 2 bridgehead atoms. The van der Waals surface area contributed by atoms with Gasteiger partial charge < -0.3 is 4.74 Å². The van der Waals surface area contributed by atoms with Crippen LogP contribution >= 0.6 is 0 Å². The molecule has 4 atom stereocenters. The molecular formula is C26H27NO4. The fourth-order valence-corrected chi connectivity index (χ4v) is 5.60. The Hall–Kier alpha value is -2.95. The molecule has 3 aliphatic rings. The van der Waals surface area contributed by atoms with Crippen LogP contribution in [0, 0.1) is 23.7 Å². The number of hydrogen-bond donors (Lipinski definition) is 0. The van der Waals surface area contributed by atoms with Crippen molar-refractivity contribution in [2.75, 3.05) is 4.90 Å². The molecule has 0 radical (unpaired) electrons. The molecule has 1 heterocycles. The van der Waals surface area contributed by atoms with E-state index >= 15 is 0 Å². The smallest absolute Gasteiger partial charge is 0.343 e. The number of amides is 2. The van der Waals surface area contributed by atoms with E-state index in [0.29, 0.717) is 28.8 Å². The summed E-state index contributed by atoms with van der Waals surface area (Å²) in [5, 5.41) is 0. The fraction of sp³-hybridized carbons (Fsp3) is 0.423. The van der Waals surface area contributed by atoms with Crippen LogP contribution in [0.4, 0.5) is 5.69 Å². The number of carbonyl (C=O) groups is 3. The van der Waals surface area contributed by atoms with Gasteiger partial charge in [0.25, 0.3) is 0 Å². The zero-order valence-corrected chi connectivity index (χ0v) is 18.1. The molecule has 160 valence electrons. The third-order valence-corrected chi connectivity index (χ3v) is 7.22. The molecule has 2 amide bonds. The van der Waals surface area contributed by atoms with E-state index in [-0.39, 0.29) is 29.1 Å². The van der Waals surface area contributed by atoms with Crippen LogP contribution in [0.15, 0.2) is 48.5 Å². The normalized spacial score (nSPS) is 27.0. The van der Waals surface area contributed by atoms with Gasteiger partial charge >= 0.3 is 5.97 Å². The van der Waals surface area contributed by atoms with Crippen LogP contribution in [0.5, 0.6) is 5.75 Å². The molecule has 1 aliphatic heterocycles. The predicted octanol–water partition coefficient (Wildman–Crippen LogP) is 4.74. The van der Waals surface area contributed by atoms with Gasteiger partial charge in [0, 0.05) is 0 Å². The summed E-state index contributed by atoms with van der Waals surface area (Å²) in [6.45, 7) is 6.39. The van der Waals surface area contributed by atoms with Gasteiger partial charge in [-0.05, 0) is 78.5 Å². The van der Waals surface area contributed by atoms with Gasteiger partial charge in [-0.25, -0.2) is 4.79 Å². The van der Waals surface area contributed by atoms with Gasteiger partial charge in [0.2, 0.25) is 11.8 Å². The summed E-state index contributed by atoms with van der Waals surface area (Å²) in [5.74, 6) is 0.289. The number of anilines is 1. The van der Waals surface area contributed by atoms with Gasteiger partial charge in [-0.2, -0.15) is 0 Å². The molecule has 2 aliphatic carbocycles. The molecule has 2 saturated carbocycles. The Morgan fingerprint density at radius 2 is 1.42 bits per heavy atom. The molecule has 0 N–H and O–H groups in total. The predicted molar refractivity (Wildman–Crippen MR) is 117 cm³/mol. The first-order valence-electron chi connectivity index (χ1n) is 11.0. The number of imide groups is 1. The summed E-state index contributed by atoms with van der Waals surface area (Å²) in [6, 6.07) is 14.1. The molecular weight excluding hydrogens is 390 g/mol. The maximum absolute atomic E-state index is 13.0. The fourth-order valence-electron chi connectivity index (χ4n) is 5.60. The summed E-state index contributed by atoms with van der Waals surface area (Å²) in [7, 11) is 0. The molecule has 1 saturated heterocycles. The Balaban J connectivity index is 1.30. The van der Waals surface area contributed by atoms with E-state index in [2.05, 4.69) is 20.8 Å². The van der Waals surface area contributed by atoms with Crippen molar-refractivity contribution >= 4 is 23.5 Å². The molecule has 3 fully saturated rings. The lowest BCUT2D eigenvalue weighted by Crippen LogP contribution is -2.32. The second kappa shape index (κ2) is 7.04. The molecule has 5 heteroatoms. The molecule has 0 aromatic heterocycles. The Morgan fingerprint density at radius 3 is 1.94 bits per heavy atom. The molecule has 5 rings (SSSR count). The lowest BCUT2D eigenvalue weighted by molar-refractivity contribution is -0.123. The zero-order valence-electron chi connectivity index (χ0n) is 18.1. The van der Waals surface area contributed by atoms with Crippen LogP contribution in [-0.2, 0) is 15.0 Å². The quantitative estimate of drug-likeness (QED) is 0.411. The largest absolute Gasteiger partial charge is 0.423 e. The highest BCUT2D eigenvalue weighted by molar-refractivity contribution is 6.22. The lowest BCUT2D eigenvalue weighted by atomic mass is 9.81. The van der Waals surface area contributed by atoms with E-state index in [1.807, 2.05) is 12.1 Å². The molecule has 5 nitrogen and oxygen atoms in total. The minimum absolute atomic E-state index is 0.0286. The van der Waals surface area contributed by atoms with E-state index in [0.717, 1.165) is 24.8 Å². The van der Waals surface area contributed by atoms with Crippen LogP contribution in [0.1, 0.15) is 56.0 Å². The van der Waals surface area contributed by atoms with Crippen LogP contribution in [0.3, 0.4) is 0 Å². The highest BCUT2D eigenvalue weighted by Gasteiger charge is 2.61. The number of fused-ring (bicyclic) bond motifs is 5. The first-order valence-corrected chi connectivity index (χ1v) is 11.0. The summed E-state index contributed by atoms with van der Waals surface area (Å²) in [5.41, 5.74) is 2.11. The van der Waals surface area contributed by atoms with Crippen LogP contribution < -0.4 is 9.64 Å². The highest BCUT2D eigenvalue weighted by atomic mass is 16.5. The maximum Gasteiger partial charge on any atom is 0.343 e. The average molecular weight is 418 g/mol. The van der Waals surface area contributed by atoms with Crippen molar-refractivity contribution in [2.24, 2.45) is 23.7 Å². The van der Waals surface area contributed by atoms with E-state index < -0.39 is 5.97 Å². The second-order valence-corrected chi connectivity index (χ2v) is 10.1. The van der Waals surface area contributed by atoms with Gasteiger partial charge in [0.1, 0.15) is 5.75 Å². The van der Waals surface area contributed by atoms with E-state index in [9.17, 15) is 14.4 Å². The van der Waals surface area contributed by atoms with Gasteiger partial charge in [-0.1, -0.05) is 32.9 Å². The topological polar surface area (TPSA) is 63.7 Å². The monoisotopic (exact) mass is 417 g/mol. The Bertz CT molecular complexity index is 1020. The van der Waals surface area contributed by atoms with E-state index in [4.69, 9.17) is 4.74 Å². The van der Waals surface area contributed by atoms with Gasteiger partial charge in [0.15, 0.2) is 0 Å². The Kier molecular flexibility index (Phi) is 4.54. The summed E-state index contributed by atoms with van der Waals surface area (Å²) in [4.78, 5) is 39.8. The molecule has 0 spiro atoms. The molecule has 2 aromatic rings. The van der Waals surface area contributed by atoms with Crippen LogP contribution in [-0.4, -0.2) is 17.8 Å². The highest BCUT2D eigenvalue weighted by Crippen LogP contribution is 2.56. The Labute approximate surface area is 182 Å². The number of hydrogen-bond acceptors (Lipinski definition) is 4. The second-order valence-electron chi connectivity index (χ2n) is 10.1. The SMILES string of the molecule is CC(C)(C)c1ccc(OC(=O)c2ccc(N3C(=O)[C@H]4[C@H]5CC[C@@H](C5)[C@@H]4C3=O)cc2)cc1. The Morgan fingerprint density at radius 1 is 0.871 bits per heavy atom. The van der Waals surface area contributed by atoms with Crippen molar-refractivity contribution in [3.63, 3.8) is 0 Å². The molecule has 0 unspecified atom stereocenters. The molecule has 31 heavy (non-hydrogen) atoms. The zero-order chi connectivity index (χ0) is 21.9. The van der Waals surface area contributed by atoms with Crippen molar-refractivity contribution in [1.82, 2.24) is 0 Å². The van der Waals surface area contributed by atoms with Crippen LogP contribution in [0.2, 0.25) is 0 Å². The summed E-state index contributed by atoms with van der Waals surface area (Å²) in [6.07, 6.45) is 3.13. The van der Waals surface area contributed by atoms with Crippen molar-refractivity contribution in [2.45, 2.75) is 45.4 Å². The number of nitrogens with zero attached hydrogens (tertiary/aromatic N) is 1. The minimum atomic E-state index is -0.468. The number of esters is 1. The van der Waals surface area contributed by atoms with Gasteiger partial charge in [-0.15, -0.1) is 0 Å². The summed E-state index contributed by atoms with van der Waals surface area (Å²) < 4.78 is 5.49. The first-order chi connectivity index (χ1) is 14.7. The van der Waals surface area contributed by atoms with Crippen molar-refractivity contribution in [3.05, 3.63) is 59.7 Å². The van der Waals surface area contributed by atoms with Crippen LogP contribution in [0.25, 0.3) is 0 Å². The lowest BCUT2D eigenvalue weighted by Gasteiger charge is -2.19. The summed E-state index contributed by atoms with van der Waals surface area (Å²) >= 11 is 0. The maximum atomic E-state index is 13.0. The number of carbonyl (C=O) groups excluding carboxylic acids is 3. The van der Waals surface area contributed by atoms with Crippen molar-refractivity contribution in [3.8, 4) is 5.75 Å². The number of ether oxygens (including phenoxy) is 1. The minimum Gasteiger partial charge on any atom is -0.423 e. The number of rotatable bonds is 3. The third-order valence-electron chi connectivity index (χ3n) is 7.22. The van der Waals surface area contributed by atoms with Gasteiger partial charge in [0.05, 0.1) is 23.1 Å². The van der Waals surface area contributed by atoms with Crippen molar-refractivity contribution < 1.29 is 19.1 Å². The average Bonchev–Trinajstić information content (AvgIpc) is 3.42. The van der Waals surface area contributed by atoms with E-state index in [1.54, 1.807) is 36.4 Å². The van der Waals surface area contributed by atoms with Gasteiger partial charge in [-0.3, -0.25) is 14.5 Å². The van der Waals surface area contributed by atoms with Crippen molar-refractivity contribution in [1.29, 1.82) is 0 Å². The standard InChI is InChI=1S/C26H27NO4/c1-26(2,3)18-8-12-20(13-9-18)31-25(30)15-6-10-19(11-7-15)27-23(28)21-16-4-5-17(14-16)22(21)24(27)29/h6-13,16-17,21-22H,4-5,14H2,1-3H3/t16-,17-,21-,22-/m0/s1.